The number of benzene rings is 1. The smallest absolute Gasteiger partial charge is 0.320 e. The van der Waals surface area contributed by atoms with Crippen molar-refractivity contribution in [2.45, 2.75) is 64.3 Å². The molecule has 4 N–H and O–H groups in total. The van der Waals surface area contributed by atoms with Crippen LogP contribution < -0.4 is 21.1 Å². The summed E-state index contributed by atoms with van der Waals surface area (Å²) in [5.41, 5.74) is 9.52. The van der Waals surface area contributed by atoms with Crippen LogP contribution in [0.4, 0.5) is 4.79 Å². The summed E-state index contributed by atoms with van der Waals surface area (Å²) in [5, 5.41) is 15.0. The summed E-state index contributed by atoms with van der Waals surface area (Å²) in [7, 11) is 8.03. The summed E-state index contributed by atoms with van der Waals surface area (Å²) in [6.07, 6.45) is 6.04. The van der Waals surface area contributed by atoms with Crippen molar-refractivity contribution in [2.24, 2.45) is 16.1 Å². The first kappa shape index (κ1) is 30.5. The molecule has 2 aliphatic rings. The van der Waals surface area contributed by atoms with Crippen LogP contribution in [-0.2, 0) is 0 Å². The van der Waals surface area contributed by atoms with Gasteiger partial charge in [0.1, 0.15) is 17.7 Å². The van der Waals surface area contributed by atoms with E-state index in [9.17, 15) is 4.79 Å². The van der Waals surface area contributed by atoms with Gasteiger partial charge in [-0.05, 0) is 69.7 Å². The van der Waals surface area contributed by atoms with Crippen molar-refractivity contribution in [1.29, 1.82) is 0 Å². The summed E-state index contributed by atoms with van der Waals surface area (Å²) in [6.45, 7) is 7.04. The second-order valence-electron chi connectivity index (χ2n) is 12.9. The minimum Gasteiger partial charge on any atom is -0.484 e. The van der Waals surface area contributed by atoms with Gasteiger partial charge in [0.2, 0.25) is 0 Å². The van der Waals surface area contributed by atoms with E-state index >= 15 is 0 Å². The van der Waals surface area contributed by atoms with Crippen molar-refractivity contribution in [3.63, 3.8) is 0 Å². The molecule has 0 spiro atoms. The maximum absolute atomic E-state index is 13.0. The molecule has 11 heteroatoms. The molecule has 5 rings (SSSR count). The number of amidine groups is 1. The van der Waals surface area contributed by atoms with E-state index in [-0.39, 0.29) is 29.6 Å². The highest BCUT2D eigenvalue weighted by atomic mass is 16.5. The van der Waals surface area contributed by atoms with Crippen molar-refractivity contribution in [2.75, 3.05) is 34.7 Å². The highest BCUT2D eigenvalue weighted by molar-refractivity contribution is 6.04. The normalized spacial score (nSPS) is 23.4. The quantitative estimate of drug-likeness (QED) is 0.291. The van der Waals surface area contributed by atoms with Crippen LogP contribution >= 0.6 is 0 Å². The third kappa shape index (κ3) is 6.67. The zero-order valence-corrected chi connectivity index (χ0v) is 26.3. The van der Waals surface area contributed by atoms with E-state index in [1.807, 2.05) is 51.2 Å². The van der Waals surface area contributed by atoms with Gasteiger partial charge in [-0.1, -0.05) is 45.0 Å². The largest absolute Gasteiger partial charge is 0.484 e. The lowest BCUT2D eigenvalue weighted by molar-refractivity contribution is 0.171. The molecule has 0 saturated carbocycles. The summed E-state index contributed by atoms with van der Waals surface area (Å²) in [5.74, 6) is 2.11. The van der Waals surface area contributed by atoms with Gasteiger partial charge in [-0.2, -0.15) is 0 Å². The lowest BCUT2D eigenvalue weighted by Gasteiger charge is -2.32. The highest BCUT2D eigenvalue weighted by Crippen LogP contribution is 2.39. The minimum atomic E-state index is -0.322. The van der Waals surface area contributed by atoms with Crippen LogP contribution in [0.2, 0.25) is 0 Å². The number of likely N-dealkylation sites (tertiary alicyclic amines) is 1. The third-order valence-electron chi connectivity index (χ3n) is 8.62. The van der Waals surface area contributed by atoms with E-state index in [0.29, 0.717) is 17.6 Å². The standard InChI is InChI=1S/C32H45N9O2/c1-32(2,3)27(33)17-28(34-4)36-31(42)35-24-13-14-26(23-11-9-8-10-22(23)24)43-21-12-15-29-37-38-30(41(29)19-21)25-16-20(39(5)6)18-40(25)7/h8-12,15,17,19-20,24-26H,13-14,16,18,33H2,1-7H3,(H2,34,35,36,42)/t20-,24-,25-,26+/m0/s1. The molecule has 43 heavy (non-hydrogen) atoms. The molecule has 0 unspecified atom stereocenters. The Balaban J connectivity index is 1.30. The van der Waals surface area contributed by atoms with E-state index in [0.717, 1.165) is 54.2 Å². The molecule has 11 nitrogen and oxygen atoms in total. The Bertz CT molecular complexity index is 1520. The second-order valence-corrected chi connectivity index (χ2v) is 12.9. The lowest BCUT2D eigenvalue weighted by Crippen LogP contribution is -2.42. The van der Waals surface area contributed by atoms with Crippen molar-refractivity contribution in [1.82, 2.24) is 35.0 Å². The Morgan fingerprint density at radius 2 is 1.88 bits per heavy atom. The summed E-state index contributed by atoms with van der Waals surface area (Å²) in [6, 6.07) is 12.2. The molecule has 1 aliphatic carbocycles. The molecule has 2 amide bonds. The lowest BCUT2D eigenvalue weighted by atomic mass is 9.85. The van der Waals surface area contributed by atoms with Gasteiger partial charge < -0.3 is 20.7 Å². The molecule has 1 aliphatic heterocycles. The molecule has 230 valence electrons. The van der Waals surface area contributed by atoms with Gasteiger partial charge in [-0.3, -0.25) is 19.6 Å². The van der Waals surface area contributed by atoms with Gasteiger partial charge in [0.25, 0.3) is 0 Å². The Morgan fingerprint density at radius 1 is 1.14 bits per heavy atom. The Kier molecular flexibility index (Phi) is 8.75. The molecule has 4 atom stereocenters. The predicted molar refractivity (Wildman–Crippen MR) is 169 cm³/mol. The highest BCUT2D eigenvalue weighted by Gasteiger charge is 2.35. The average molecular weight is 588 g/mol. The summed E-state index contributed by atoms with van der Waals surface area (Å²) >= 11 is 0. The molecule has 2 aromatic heterocycles. The summed E-state index contributed by atoms with van der Waals surface area (Å²) in [4.78, 5) is 21.8. The maximum Gasteiger partial charge on any atom is 0.320 e. The molecule has 1 saturated heterocycles. The minimum absolute atomic E-state index is 0.149. The number of likely N-dealkylation sites (N-methyl/N-ethyl adjacent to an activating group) is 2. The number of hydrogen-bond acceptors (Lipinski definition) is 8. The molecule has 3 heterocycles. The van der Waals surface area contributed by atoms with Crippen LogP contribution in [0, 0.1) is 5.41 Å². The van der Waals surface area contributed by atoms with Crippen LogP contribution in [-0.4, -0.2) is 77.0 Å². The van der Waals surface area contributed by atoms with Gasteiger partial charge in [-0.25, -0.2) is 4.79 Å². The number of carbonyl (C=O) groups is 1. The maximum atomic E-state index is 13.0. The number of urea groups is 1. The number of fused-ring (bicyclic) bond motifs is 2. The van der Waals surface area contributed by atoms with Crippen LogP contribution in [0.25, 0.3) is 5.65 Å². The van der Waals surface area contributed by atoms with Gasteiger partial charge in [-0.15, -0.1) is 10.2 Å². The van der Waals surface area contributed by atoms with Gasteiger partial charge >= 0.3 is 6.03 Å². The number of nitrogens with two attached hydrogens (primary N) is 1. The molecule has 3 aromatic rings. The number of nitrogens with zero attached hydrogens (tertiary/aromatic N) is 6. The molecule has 0 radical (unpaired) electrons. The average Bonchev–Trinajstić information content (AvgIpc) is 3.56. The molecule has 1 fully saturated rings. The number of nitrogens with one attached hydrogen (secondary N) is 2. The van der Waals surface area contributed by atoms with Crippen molar-refractivity contribution in [3.05, 3.63) is 71.3 Å². The Labute approximate surface area is 254 Å². The number of aromatic nitrogens is 3. The Hall–Kier alpha value is -3.96. The fraction of sp³-hybridized carbons (Fsp3) is 0.500. The van der Waals surface area contributed by atoms with Crippen LogP contribution in [0.15, 0.2) is 59.4 Å². The number of carbonyl (C=O) groups excluding carboxylic acids is 1. The van der Waals surface area contributed by atoms with E-state index in [4.69, 9.17) is 10.5 Å². The van der Waals surface area contributed by atoms with E-state index < -0.39 is 0 Å². The fourth-order valence-corrected chi connectivity index (χ4v) is 5.85. The second kappa shape index (κ2) is 12.3. The van der Waals surface area contributed by atoms with E-state index in [1.54, 1.807) is 13.1 Å². The number of aliphatic imine (C=N–C) groups is 1. The number of pyridine rings is 1. The zero-order chi connectivity index (χ0) is 30.9. The molecule has 0 bridgehead atoms. The SMILES string of the molecule is CN=C(C=C(N)C(C)(C)C)NC(=O)N[C@H]1CC[C@@H](Oc2ccc3nnc([C@@H]4C[C@H](N(C)C)CN4C)n3c2)c2ccccc21. The monoisotopic (exact) mass is 587 g/mol. The number of allylic oxidation sites excluding steroid dienone is 1. The fourth-order valence-electron chi connectivity index (χ4n) is 5.85. The zero-order valence-electron chi connectivity index (χ0n) is 26.3. The van der Waals surface area contributed by atoms with Crippen molar-refractivity contribution >= 4 is 17.5 Å². The number of amides is 2. The van der Waals surface area contributed by atoms with E-state index in [1.165, 1.54) is 0 Å². The Morgan fingerprint density at radius 3 is 2.56 bits per heavy atom. The first-order valence-corrected chi connectivity index (χ1v) is 14.9. The first-order valence-electron chi connectivity index (χ1n) is 14.9. The van der Waals surface area contributed by atoms with Crippen LogP contribution in [0.5, 0.6) is 5.75 Å². The molecule has 1 aromatic carbocycles. The van der Waals surface area contributed by atoms with Crippen molar-refractivity contribution < 1.29 is 9.53 Å². The van der Waals surface area contributed by atoms with Gasteiger partial charge in [0, 0.05) is 30.7 Å². The van der Waals surface area contributed by atoms with Gasteiger partial charge in [0.15, 0.2) is 11.5 Å². The predicted octanol–water partition coefficient (Wildman–Crippen LogP) is 4.21. The van der Waals surface area contributed by atoms with E-state index in [2.05, 4.69) is 73.3 Å². The number of hydrogen-bond donors (Lipinski definition) is 3. The molecular weight excluding hydrogens is 542 g/mol. The third-order valence-corrected chi connectivity index (χ3v) is 8.62. The number of rotatable bonds is 6. The first-order chi connectivity index (χ1) is 20.4. The van der Waals surface area contributed by atoms with Crippen LogP contribution in [0.3, 0.4) is 0 Å². The van der Waals surface area contributed by atoms with Gasteiger partial charge in [0.05, 0.1) is 18.3 Å². The topological polar surface area (TPSA) is 125 Å². The van der Waals surface area contributed by atoms with Crippen molar-refractivity contribution in [3.8, 4) is 5.75 Å². The number of ether oxygens (including phenoxy) is 1. The summed E-state index contributed by atoms with van der Waals surface area (Å²) < 4.78 is 8.67. The molecular formula is C32H45N9O2. The van der Waals surface area contributed by atoms with Crippen LogP contribution in [0.1, 0.15) is 75.2 Å².